The highest BCUT2D eigenvalue weighted by Crippen LogP contribution is 2.29. The highest BCUT2D eigenvalue weighted by molar-refractivity contribution is 5.69. The molecule has 1 heterocycles. The molecule has 2 fully saturated rings. The van der Waals surface area contributed by atoms with Crippen LogP contribution in [0.15, 0.2) is 42.6 Å². The van der Waals surface area contributed by atoms with E-state index in [1.165, 1.54) is 51.3 Å². The largest absolute Gasteiger partial charge is 0.493 e. The van der Waals surface area contributed by atoms with E-state index in [0.29, 0.717) is 12.3 Å². The van der Waals surface area contributed by atoms with Gasteiger partial charge in [0, 0.05) is 6.07 Å². The SMILES string of the molecule is C1CC1.CC(Cc1cccc(OCC2CC2)c1)C(=O)O.COc1ccc(F)cn1. The van der Waals surface area contributed by atoms with Crippen LogP contribution in [0.25, 0.3) is 0 Å². The molecule has 2 aliphatic carbocycles. The van der Waals surface area contributed by atoms with Crippen molar-refractivity contribution in [3.05, 3.63) is 54.0 Å². The minimum atomic E-state index is -0.755. The fourth-order valence-electron chi connectivity index (χ4n) is 2.18. The lowest BCUT2D eigenvalue weighted by atomic mass is 10.0. The molecule has 1 N–H and O–H groups in total. The third-order valence-electron chi connectivity index (χ3n) is 4.31. The van der Waals surface area contributed by atoms with Crippen LogP contribution in [0.4, 0.5) is 4.39 Å². The van der Waals surface area contributed by atoms with Crippen molar-refractivity contribution in [2.75, 3.05) is 13.7 Å². The number of rotatable bonds is 7. The van der Waals surface area contributed by atoms with E-state index in [2.05, 4.69) is 4.98 Å². The number of hydrogen-bond donors (Lipinski definition) is 1. The molecule has 1 unspecified atom stereocenters. The average Bonchev–Trinajstić information content (AvgIpc) is 3.60. The van der Waals surface area contributed by atoms with Crippen LogP contribution in [0.5, 0.6) is 11.6 Å². The van der Waals surface area contributed by atoms with Crippen molar-refractivity contribution in [2.24, 2.45) is 11.8 Å². The molecule has 0 radical (unpaired) electrons. The van der Waals surface area contributed by atoms with Crippen LogP contribution in [0, 0.1) is 17.7 Å². The van der Waals surface area contributed by atoms with Crippen LogP contribution in [0.2, 0.25) is 0 Å². The molecule has 2 aliphatic rings. The molecule has 0 bridgehead atoms. The minimum absolute atomic E-state index is 0.351. The number of methoxy groups -OCH3 is 1. The fraction of sp³-hybridized carbons (Fsp3) is 0.478. The van der Waals surface area contributed by atoms with Crippen molar-refractivity contribution >= 4 is 5.97 Å². The van der Waals surface area contributed by atoms with Gasteiger partial charge in [-0.05, 0) is 48.9 Å². The maximum atomic E-state index is 12.1. The number of carbonyl (C=O) groups is 1. The first-order chi connectivity index (χ1) is 14.0. The summed E-state index contributed by atoms with van der Waals surface area (Å²) in [7, 11) is 1.49. The summed E-state index contributed by atoms with van der Waals surface area (Å²) in [5.74, 6) is 0.554. The summed E-state index contributed by atoms with van der Waals surface area (Å²) >= 11 is 0. The topological polar surface area (TPSA) is 68.7 Å². The van der Waals surface area contributed by atoms with Crippen molar-refractivity contribution < 1.29 is 23.8 Å². The Labute approximate surface area is 171 Å². The first-order valence-electron chi connectivity index (χ1n) is 10.1. The van der Waals surface area contributed by atoms with Gasteiger partial charge in [0.25, 0.3) is 0 Å². The molecule has 0 aliphatic heterocycles. The van der Waals surface area contributed by atoms with Gasteiger partial charge in [-0.25, -0.2) is 9.37 Å². The van der Waals surface area contributed by atoms with Crippen molar-refractivity contribution in [1.29, 1.82) is 0 Å². The maximum Gasteiger partial charge on any atom is 0.306 e. The number of hydrogen-bond acceptors (Lipinski definition) is 4. The molecule has 0 amide bonds. The lowest BCUT2D eigenvalue weighted by Gasteiger charge is -2.09. The Morgan fingerprint density at radius 1 is 1.24 bits per heavy atom. The Morgan fingerprint density at radius 3 is 2.48 bits per heavy atom. The molecule has 2 saturated carbocycles. The summed E-state index contributed by atoms with van der Waals surface area (Å²) in [6, 6.07) is 10.5. The summed E-state index contributed by atoms with van der Waals surface area (Å²) in [5, 5.41) is 8.87. The number of benzene rings is 1. The van der Waals surface area contributed by atoms with Gasteiger partial charge in [-0.1, -0.05) is 38.3 Å². The third kappa shape index (κ3) is 10.5. The summed E-state index contributed by atoms with van der Waals surface area (Å²) in [5.41, 5.74) is 1.02. The second kappa shape index (κ2) is 12.0. The standard InChI is InChI=1S/C14H18O3.C6H6FNO.C3H6/c1-10(14(15)16)7-12-3-2-4-13(8-12)17-9-11-5-6-11;1-9-6-3-2-5(7)4-8-6;1-2-3-1/h2-4,8,10-11H,5-7,9H2,1H3,(H,15,16);2-4H,1H3;1-3H2. The third-order valence-corrected chi connectivity index (χ3v) is 4.31. The Hall–Kier alpha value is -2.63. The van der Waals surface area contributed by atoms with Gasteiger partial charge >= 0.3 is 5.97 Å². The minimum Gasteiger partial charge on any atom is -0.493 e. The van der Waals surface area contributed by atoms with Crippen LogP contribution >= 0.6 is 0 Å². The second-order valence-electron chi connectivity index (χ2n) is 7.42. The molecular weight excluding hydrogens is 373 g/mol. The van der Waals surface area contributed by atoms with Crippen molar-refractivity contribution in [2.45, 2.75) is 45.4 Å². The van der Waals surface area contributed by atoms with Gasteiger partial charge in [-0.2, -0.15) is 0 Å². The number of carboxylic acid groups (broad SMARTS) is 1. The van der Waals surface area contributed by atoms with E-state index < -0.39 is 5.97 Å². The summed E-state index contributed by atoms with van der Waals surface area (Å²) in [6.07, 6.45) is 8.71. The number of halogens is 1. The zero-order valence-electron chi connectivity index (χ0n) is 17.1. The molecule has 1 aromatic heterocycles. The highest BCUT2D eigenvalue weighted by atomic mass is 19.1. The fourth-order valence-corrected chi connectivity index (χ4v) is 2.18. The second-order valence-corrected chi connectivity index (χ2v) is 7.42. The van der Waals surface area contributed by atoms with Gasteiger partial charge in [0.15, 0.2) is 0 Å². The Bertz CT molecular complexity index is 742. The number of ether oxygens (including phenoxy) is 2. The van der Waals surface area contributed by atoms with Crippen molar-refractivity contribution in [3.63, 3.8) is 0 Å². The molecule has 2 aromatic rings. The van der Waals surface area contributed by atoms with Gasteiger partial charge < -0.3 is 14.6 Å². The maximum absolute atomic E-state index is 12.1. The van der Waals surface area contributed by atoms with Crippen molar-refractivity contribution in [1.82, 2.24) is 4.98 Å². The summed E-state index contributed by atoms with van der Waals surface area (Å²) in [6.45, 7) is 2.51. The first-order valence-corrected chi connectivity index (χ1v) is 10.1. The molecule has 0 saturated heterocycles. The predicted molar refractivity (Wildman–Crippen MR) is 110 cm³/mol. The van der Waals surface area contributed by atoms with Crippen molar-refractivity contribution in [3.8, 4) is 11.6 Å². The summed E-state index contributed by atoms with van der Waals surface area (Å²) < 4.78 is 22.5. The number of pyridine rings is 1. The van der Waals surface area contributed by atoms with E-state index in [1.807, 2.05) is 24.3 Å². The Kier molecular flexibility index (Phi) is 9.41. The normalized spacial score (nSPS) is 15.0. The van der Waals surface area contributed by atoms with Crippen LogP contribution in [-0.4, -0.2) is 29.8 Å². The van der Waals surface area contributed by atoms with Gasteiger partial charge in [-0.3, -0.25) is 4.79 Å². The van der Waals surface area contributed by atoms with Crippen LogP contribution in [0.3, 0.4) is 0 Å². The molecule has 4 rings (SSSR count). The number of aliphatic carboxylic acids is 1. The predicted octanol–water partition coefficient (Wildman–Crippen LogP) is 5.14. The zero-order chi connectivity index (χ0) is 21.1. The quantitative estimate of drug-likeness (QED) is 0.693. The first kappa shape index (κ1) is 22.7. The van der Waals surface area contributed by atoms with E-state index in [-0.39, 0.29) is 11.7 Å². The molecule has 1 aromatic carbocycles. The molecule has 29 heavy (non-hydrogen) atoms. The van der Waals surface area contributed by atoms with Crippen LogP contribution < -0.4 is 9.47 Å². The van der Waals surface area contributed by atoms with Gasteiger partial charge in [-0.15, -0.1) is 0 Å². The number of carboxylic acids is 1. The van der Waals surface area contributed by atoms with E-state index in [9.17, 15) is 9.18 Å². The van der Waals surface area contributed by atoms with E-state index in [1.54, 1.807) is 6.92 Å². The van der Waals surface area contributed by atoms with E-state index >= 15 is 0 Å². The molecule has 1 atom stereocenters. The number of aromatic nitrogens is 1. The van der Waals surface area contributed by atoms with Gasteiger partial charge in [0.05, 0.1) is 25.8 Å². The lowest BCUT2D eigenvalue weighted by molar-refractivity contribution is -0.141. The number of nitrogens with zero attached hydrogens (tertiary/aromatic N) is 1. The van der Waals surface area contributed by atoms with E-state index in [4.69, 9.17) is 14.6 Å². The van der Waals surface area contributed by atoms with Gasteiger partial charge in [0.1, 0.15) is 11.6 Å². The Balaban J connectivity index is 0.000000207. The monoisotopic (exact) mass is 403 g/mol. The zero-order valence-corrected chi connectivity index (χ0v) is 17.1. The van der Waals surface area contributed by atoms with Gasteiger partial charge in [0.2, 0.25) is 5.88 Å². The lowest BCUT2D eigenvalue weighted by Crippen LogP contribution is -2.12. The van der Waals surface area contributed by atoms with Crippen LogP contribution in [0.1, 0.15) is 44.6 Å². The molecule has 158 valence electrons. The highest BCUT2D eigenvalue weighted by Gasteiger charge is 2.22. The van der Waals surface area contributed by atoms with E-state index in [0.717, 1.165) is 30.0 Å². The molecule has 6 heteroatoms. The molecule has 0 spiro atoms. The van der Waals surface area contributed by atoms with Crippen LogP contribution in [-0.2, 0) is 11.2 Å². The average molecular weight is 403 g/mol. The molecular formula is C23H30FNO4. The summed E-state index contributed by atoms with van der Waals surface area (Å²) in [4.78, 5) is 14.4. The smallest absolute Gasteiger partial charge is 0.306 e. The molecule has 5 nitrogen and oxygen atoms in total. The Morgan fingerprint density at radius 2 is 1.97 bits per heavy atom.